The molecule has 1 aromatic rings. The van der Waals surface area contributed by atoms with Gasteiger partial charge >= 0.3 is 0 Å². The van der Waals surface area contributed by atoms with Gasteiger partial charge in [-0.25, -0.2) is 0 Å². The highest BCUT2D eigenvalue weighted by Crippen LogP contribution is 2.25. The van der Waals surface area contributed by atoms with Gasteiger partial charge in [-0.3, -0.25) is 9.69 Å². The first-order valence-electron chi connectivity index (χ1n) is 8.64. The third kappa shape index (κ3) is 4.12. The van der Waals surface area contributed by atoms with Gasteiger partial charge in [-0.05, 0) is 12.8 Å². The quantitative estimate of drug-likeness (QED) is 0.745. The van der Waals surface area contributed by atoms with E-state index in [1.807, 2.05) is 4.90 Å². The van der Waals surface area contributed by atoms with Crippen LogP contribution in [-0.2, 0) is 20.9 Å². The number of likely N-dealkylation sites (tertiary alicyclic amines) is 1. The minimum Gasteiger partial charge on any atom is -0.379 e. The fourth-order valence-electron chi connectivity index (χ4n) is 3.50. The van der Waals surface area contributed by atoms with Gasteiger partial charge in [0.1, 0.15) is 13.2 Å². The summed E-state index contributed by atoms with van der Waals surface area (Å²) >= 11 is 0. The van der Waals surface area contributed by atoms with Crippen molar-refractivity contribution >= 4 is 5.91 Å². The molecule has 0 radical (unpaired) electrons. The Bertz CT molecular complexity index is 544. The molecule has 0 bridgehead atoms. The third-order valence-corrected chi connectivity index (χ3v) is 4.82. The number of aromatic nitrogens is 2. The largest absolute Gasteiger partial charge is 0.379 e. The molecule has 0 unspecified atom stereocenters. The van der Waals surface area contributed by atoms with Crippen molar-refractivity contribution in [3.05, 3.63) is 11.7 Å². The molecule has 2 fully saturated rings. The van der Waals surface area contributed by atoms with E-state index in [4.69, 9.17) is 14.0 Å². The zero-order valence-corrected chi connectivity index (χ0v) is 14.4. The molecule has 2 aliphatic heterocycles. The first-order valence-corrected chi connectivity index (χ1v) is 8.64. The van der Waals surface area contributed by atoms with Gasteiger partial charge in [0.25, 0.3) is 5.89 Å². The molecular formula is C16H26N4O4. The molecule has 2 aliphatic rings. The van der Waals surface area contributed by atoms with Crippen LogP contribution in [0.5, 0.6) is 0 Å². The van der Waals surface area contributed by atoms with E-state index in [-0.39, 0.29) is 19.1 Å². The molecule has 8 heteroatoms. The Morgan fingerprint density at radius 1 is 1.33 bits per heavy atom. The normalized spacial score (nSPS) is 25.3. The van der Waals surface area contributed by atoms with Crippen molar-refractivity contribution in [1.29, 1.82) is 0 Å². The second-order valence-electron chi connectivity index (χ2n) is 6.41. The van der Waals surface area contributed by atoms with E-state index < -0.39 is 0 Å². The van der Waals surface area contributed by atoms with Crippen molar-refractivity contribution < 1.29 is 18.8 Å². The average Bonchev–Trinajstić information content (AvgIpc) is 3.22. The van der Waals surface area contributed by atoms with Crippen molar-refractivity contribution in [1.82, 2.24) is 19.9 Å². The Hall–Kier alpha value is -1.51. The van der Waals surface area contributed by atoms with Gasteiger partial charge in [0.15, 0.2) is 5.82 Å². The molecule has 3 rings (SSSR count). The number of carbonyl (C=O) groups is 1. The number of hydrogen-bond acceptors (Lipinski definition) is 7. The van der Waals surface area contributed by atoms with Gasteiger partial charge < -0.3 is 18.9 Å². The Morgan fingerprint density at radius 3 is 2.79 bits per heavy atom. The van der Waals surface area contributed by atoms with Crippen LogP contribution in [0.15, 0.2) is 4.52 Å². The van der Waals surface area contributed by atoms with Crippen molar-refractivity contribution in [2.24, 2.45) is 5.92 Å². The number of morpholine rings is 1. The molecule has 1 amide bonds. The molecule has 0 spiro atoms. The highest BCUT2D eigenvalue weighted by atomic mass is 16.5. The molecule has 0 N–H and O–H groups in total. The summed E-state index contributed by atoms with van der Waals surface area (Å²) in [6, 6.07) is 0.432. The van der Waals surface area contributed by atoms with Crippen LogP contribution in [-0.4, -0.2) is 77.9 Å². The van der Waals surface area contributed by atoms with Gasteiger partial charge in [0, 0.05) is 32.2 Å². The predicted octanol–water partition coefficient (Wildman–Crippen LogP) is 0.464. The molecular weight excluding hydrogens is 312 g/mol. The summed E-state index contributed by atoms with van der Waals surface area (Å²) in [5, 5.41) is 3.70. The van der Waals surface area contributed by atoms with E-state index in [2.05, 4.69) is 22.0 Å². The van der Waals surface area contributed by atoms with Gasteiger partial charge in [-0.2, -0.15) is 4.98 Å². The lowest BCUT2D eigenvalue weighted by Crippen LogP contribution is -2.47. The average molecular weight is 338 g/mol. The van der Waals surface area contributed by atoms with Gasteiger partial charge in [0.2, 0.25) is 5.91 Å². The highest BCUT2D eigenvalue weighted by Gasteiger charge is 2.37. The second kappa shape index (κ2) is 8.04. The number of hydrogen-bond donors (Lipinski definition) is 0. The molecule has 134 valence electrons. The zero-order valence-electron chi connectivity index (χ0n) is 14.4. The van der Waals surface area contributed by atoms with Crippen LogP contribution in [0.4, 0.5) is 0 Å². The lowest BCUT2D eigenvalue weighted by atomic mass is 9.99. The Kier molecular flexibility index (Phi) is 5.80. The number of nitrogens with zero attached hydrogens (tertiary/aromatic N) is 4. The van der Waals surface area contributed by atoms with E-state index in [1.165, 1.54) is 0 Å². The molecule has 0 aromatic carbocycles. The Labute approximate surface area is 142 Å². The Balaban J connectivity index is 1.48. The summed E-state index contributed by atoms with van der Waals surface area (Å²) in [6.07, 6.45) is 1.08. The summed E-state index contributed by atoms with van der Waals surface area (Å²) < 4.78 is 15.8. The van der Waals surface area contributed by atoms with Crippen LogP contribution in [0.3, 0.4) is 0 Å². The number of ether oxygens (including phenoxy) is 2. The van der Waals surface area contributed by atoms with E-state index in [0.717, 1.165) is 45.8 Å². The molecule has 2 saturated heterocycles. The zero-order chi connectivity index (χ0) is 16.9. The number of amides is 1. The SMILES string of the molecule is CC[C@H]1CN(C(=O)COCc2nc(C)no2)C[C@@H]1N1CCOCC1. The maximum atomic E-state index is 12.4. The van der Waals surface area contributed by atoms with Crippen LogP contribution >= 0.6 is 0 Å². The van der Waals surface area contributed by atoms with Gasteiger partial charge in [0.05, 0.1) is 13.2 Å². The van der Waals surface area contributed by atoms with Crippen LogP contribution in [0, 0.1) is 12.8 Å². The molecule has 3 heterocycles. The number of rotatable bonds is 6. The lowest BCUT2D eigenvalue weighted by molar-refractivity contribution is -0.136. The molecule has 0 aliphatic carbocycles. The first-order chi connectivity index (χ1) is 11.7. The third-order valence-electron chi connectivity index (χ3n) is 4.82. The molecule has 2 atom stereocenters. The summed E-state index contributed by atoms with van der Waals surface area (Å²) in [4.78, 5) is 20.9. The number of aryl methyl sites for hydroxylation is 1. The fourth-order valence-corrected chi connectivity index (χ4v) is 3.50. The maximum Gasteiger partial charge on any atom is 0.252 e. The Morgan fingerprint density at radius 2 is 2.12 bits per heavy atom. The van der Waals surface area contributed by atoms with Gasteiger partial charge in [-0.15, -0.1) is 0 Å². The van der Waals surface area contributed by atoms with Crippen LogP contribution < -0.4 is 0 Å². The van der Waals surface area contributed by atoms with Crippen molar-refractivity contribution in [3.63, 3.8) is 0 Å². The molecule has 1 aromatic heterocycles. The highest BCUT2D eigenvalue weighted by molar-refractivity contribution is 5.77. The fraction of sp³-hybridized carbons (Fsp3) is 0.812. The predicted molar refractivity (Wildman–Crippen MR) is 85.2 cm³/mol. The summed E-state index contributed by atoms with van der Waals surface area (Å²) in [7, 11) is 0. The summed E-state index contributed by atoms with van der Waals surface area (Å²) in [5.41, 5.74) is 0. The van der Waals surface area contributed by atoms with E-state index in [9.17, 15) is 4.79 Å². The second-order valence-corrected chi connectivity index (χ2v) is 6.41. The summed E-state index contributed by atoms with van der Waals surface area (Å²) in [6.45, 7) is 9.23. The standard InChI is InChI=1S/C16H26N4O4/c1-3-13-8-20(9-14(13)19-4-6-22-7-5-19)16(21)11-23-10-15-17-12(2)18-24-15/h13-14H,3-11H2,1-2H3/t13-,14-/m0/s1. The number of carbonyl (C=O) groups excluding carboxylic acids is 1. The maximum absolute atomic E-state index is 12.4. The van der Waals surface area contributed by atoms with E-state index in [0.29, 0.717) is 23.7 Å². The van der Waals surface area contributed by atoms with Crippen molar-refractivity contribution in [3.8, 4) is 0 Å². The molecule has 24 heavy (non-hydrogen) atoms. The van der Waals surface area contributed by atoms with Crippen LogP contribution in [0.1, 0.15) is 25.1 Å². The van der Waals surface area contributed by atoms with Crippen LogP contribution in [0.2, 0.25) is 0 Å². The van der Waals surface area contributed by atoms with Gasteiger partial charge in [-0.1, -0.05) is 18.5 Å². The minimum absolute atomic E-state index is 0.0282. The van der Waals surface area contributed by atoms with Crippen molar-refractivity contribution in [2.75, 3.05) is 46.0 Å². The minimum atomic E-state index is 0.0282. The monoisotopic (exact) mass is 338 g/mol. The van der Waals surface area contributed by atoms with E-state index in [1.54, 1.807) is 6.92 Å². The first kappa shape index (κ1) is 17.3. The molecule has 0 saturated carbocycles. The summed E-state index contributed by atoms with van der Waals surface area (Å²) in [5.74, 6) is 1.52. The van der Waals surface area contributed by atoms with Crippen molar-refractivity contribution in [2.45, 2.75) is 32.9 Å². The topological polar surface area (TPSA) is 80.9 Å². The van der Waals surface area contributed by atoms with E-state index >= 15 is 0 Å². The molecule has 8 nitrogen and oxygen atoms in total. The lowest BCUT2D eigenvalue weighted by Gasteiger charge is -2.34. The van der Waals surface area contributed by atoms with Crippen LogP contribution in [0.25, 0.3) is 0 Å². The smallest absolute Gasteiger partial charge is 0.252 e.